The quantitative estimate of drug-likeness (QED) is 0.673. The topological polar surface area (TPSA) is 25.8 Å². The van der Waals surface area contributed by atoms with Crippen molar-refractivity contribution in [1.82, 2.24) is 10.2 Å². The first-order chi connectivity index (χ1) is 5.91. The molecule has 0 atom stereocenters. The van der Waals surface area contributed by atoms with Gasteiger partial charge in [-0.2, -0.15) is 5.10 Å². The molecule has 0 amide bonds. The van der Waals surface area contributed by atoms with Crippen LogP contribution < -0.4 is 0 Å². The zero-order chi connectivity index (χ0) is 10.1. The second kappa shape index (κ2) is 3.36. The highest BCUT2D eigenvalue weighted by Crippen LogP contribution is 2.21. The van der Waals surface area contributed by atoms with Gasteiger partial charge in [0.05, 0.1) is 5.69 Å². The first kappa shape index (κ1) is 10.0. The smallest absolute Gasteiger partial charge is 0.203 e. The molecule has 2 nitrogen and oxygen atoms in total. The molecule has 72 valence electrons. The van der Waals surface area contributed by atoms with Crippen LogP contribution in [0.25, 0.3) is 0 Å². The minimum Gasteiger partial charge on any atom is -0.203 e. The molecule has 0 fully saturated rings. The fraction of sp³-hybridized carbons (Fsp3) is 0.556. The molecule has 0 aromatic carbocycles. The average molecular weight is 186 g/mol. The number of hydrogen-bond acceptors (Lipinski definition) is 2. The second-order valence-electron chi connectivity index (χ2n) is 3.89. The Balaban J connectivity index is 2.94. The van der Waals surface area contributed by atoms with E-state index in [2.05, 4.69) is 10.2 Å². The maximum atomic E-state index is 12.1. The van der Waals surface area contributed by atoms with Crippen molar-refractivity contribution in [3.63, 3.8) is 0 Å². The maximum absolute atomic E-state index is 12.1. The SMILES string of the molecule is CC(C)(C)c1ccc(C(F)F)nn1. The molecular formula is C9H12F2N2. The molecule has 0 spiro atoms. The molecule has 0 aliphatic rings. The Morgan fingerprint density at radius 3 is 2.08 bits per heavy atom. The van der Waals surface area contributed by atoms with E-state index >= 15 is 0 Å². The van der Waals surface area contributed by atoms with Crippen LogP contribution in [0.1, 0.15) is 38.6 Å². The van der Waals surface area contributed by atoms with Crippen molar-refractivity contribution < 1.29 is 8.78 Å². The molecule has 1 aromatic heterocycles. The van der Waals surface area contributed by atoms with Gasteiger partial charge in [0.1, 0.15) is 5.69 Å². The van der Waals surface area contributed by atoms with E-state index in [1.165, 1.54) is 6.07 Å². The van der Waals surface area contributed by atoms with Crippen molar-refractivity contribution >= 4 is 0 Å². The molecule has 4 heteroatoms. The highest BCUT2D eigenvalue weighted by molar-refractivity contribution is 5.14. The third-order valence-electron chi connectivity index (χ3n) is 1.68. The molecule has 0 saturated heterocycles. The van der Waals surface area contributed by atoms with Gasteiger partial charge in [0, 0.05) is 5.41 Å². The van der Waals surface area contributed by atoms with E-state index in [-0.39, 0.29) is 11.1 Å². The lowest BCUT2D eigenvalue weighted by atomic mass is 9.92. The van der Waals surface area contributed by atoms with Crippen LogP contribution in [-0.2, 0) is 5.41 Å². The van der Waals surface area contributed by atoms with Crippen molar-refractivity contribution in [1.29, 1.82) is 0 Å². The lowest BCUT2D eigenvalue weighted by Crippen LogP contribution is -2.14. The van der Waals surface area contributed by atoms with Crippen LogP contribution >= 0.6 is 0 Å². The van der Waals surface area contributed by atoms with Crippen molar-refractivity contribution in [2.45, 2.75) is 32.6 Å². The van der Waals surface area contributed by atoms with E-state index in [1.54, 1.807) is 6.07 Å². The van der Waals surface area contributed by atoms with Gasteiger partial charge in [0.15, 0.2) is 0 Å². The molecule has 1 heterocycles. The Morgan fingerprint density at radius 2 is 1.77 bits per heavy atom. The summed E-state index contributed by atoms with van der Waals surface area (Å²) in [4.78, 5) is 0. The summed E-state index contributed by atoms with van der Waals surface area (Å²) in [5.74, 6) is 0. The Bertz CT molecular complexity index is 275. The van der Waals surface area contributed by atoms with Gasteiger partial charge < -0.3 is 0 Å². The second-order valence-corrected chi connectivity index (χ2v) is 3.89. The Morgan fingerprint density at radius 1 is 1.15 bits per heavy atom. The van der Waals surface area contributed by atoms with Gasteiger partial charge in [0.25, 0.3) is 6.43 Å². The fourth-order valence-electron chi connectivity index (χ4n) is 0.859. The van der Waals surface area contributed by atoms with Crippen LogP contribution in [0.2, 0.25) is 0 Å². The molecular weight excluding hydrogens is 174 g/mol. The summed E-state index contributed by atoms with van der Waals surface area (Å²) in [6.07, 6.45) is -2.54. The summed E-state index contributed by atoms with van der Waals surface area (Å²) in [5.41, 5.74) is 0.304. The van der Waals surface area contributed by atoms with Gasteiger partial charge in [-0.25, -0.2) is 8.78 Å². The van der Waals surface area contributed by atoms with E-state index in [1.807, 2.05) is 20.8 Å². The van der Waals surface area contributed by atoms with E-state index in [0.717, 1.165) is 5.69 Å². The number of halogens is 2. The lowest BCUT2D eigenvalue weighted by molar-refractivity contribution is 0.144. The molecule has 13 heavy (non-hydrogen) atoms. The molecule has 0 bridgehead atoms. The van der Waals surface area contributed by atoms with Crippen LogP contribution in [0.4, 0.5) is 8.78 Å². The minimum absolute atomic E-state index is 0.145. The van der Waals surface area contributed by atoms with Crippen LogP contribution in [-0.4, -0.2) is 10.2 Å². The third-order valence-corrected chi connectivity index (χ3v) is 1.68. The van der Waals surface area contributed by atoms with Gasteiger partial charge in [0.2, 0.25) is 0 Å². The number of aromatic nitrogens is 2. The van der Waals surface area contributed by atoms with Crippen molar-refractivity contribution in [2.24, 2.45) is 0 Å². The minimum atomic E-state index is -2.54. The third kappa shape index (κ3) is 2.44. The largest absolute Gasteiger partial charge is 0.282 e. The zero-order valence-electron chi connectivity index (χ0n) is 7.88. The van der Waals surface area contributed by atoms with Gasteiger partial charge in [-0.15, -0.1) is 5.10 Å². The molecule has 0 N–H and O–H groups in total. The Kier molecular flexibility index (Phi) is 2.59. The number of rotatable bonds is 1. The molecule has 0 unspecified atom stereocenters. The first-order valence-electron chi connectivity index (χ1n) is 4.03. The summed E-state index contributed by atoms with van der Waals surface area (Å²) < 4.78 is 24.2. The highest BCUT2D eigenvalue weighted by atomic mass is 19.3. The predicted octanol–water partition coefficient (Wildman–Crippen LogP) is 2.71. The molecule has 0 radical (unpaired) electrons. The normalized spacial score (nSPS) is 12.2. The van der Waals surface area contributed by atoms with Crippen molar-refractivity contribution in [2.75, 3.05) is 0 Å². The van der Waals surface area contributed by atoms with E-state index in [4.69, 9.17) is 0 Å². The van der Waals surface area contributed by atoms with E-state index in [0.29, 0.717) is 0 Å². The van der Waals surface area contributed by atoms with E-state index < -0.39 is 6.43 Å². The number of hydrogen-bond donors (Lipinski definition) is 0. The van der Waals surface area contributed by atoms with Gasteiger partial charge in [-0.05, 0) is 12.1 Å². The van der Waals surface area contributed by atoms with Crippen molar-refractivity contribution in [3.05, 3.63) is 23.5 Å². The monoisotopic (exact) mass is 186 g/mol. The summed E-state index contributed by atoms with van der Waals surface area (Å²) >= 11 is 0. The highest BCUT2D eigenvalue weighted by Gasteiger charge is 2.17. The Labute approximate surface area is 76.0 Å². The maximum Gasteiger partial charge on any atom is 0.282 e. The van der Waals surface area contributed by atoms with Gasteiger partial charge in [-0.1, -0.05) is 20.8 Å². The molecule has 1 aromatic rings. The van der Waals surface area contributed by atoms with Crippen molar-refractivity contribution in [3.8, 4) is 0 Å². The fourth-order valence-corrected chi connectivity index (χ4v) is 0.859. The molecule has 0 saturated carbocycles. The van der Waals surface area contributed by atoms with Gasteiger partial charge in [-0.3, -0.25) is 0 Å². The van der Waals surface area contributed by atoms with Crippen LogP contribution in [0, 0.1) is 0 Å². The summed E-state index contributed by atoms with van der Waals surface area (Å²) in [5, 5.41) is 7.19. The summed E-state index contributed by atoms with van der Waals surface area (Å²) in [6.45, 7) is 5.87. The first-order valence-corrected chi connectivity index (χ1v) is 4.03. The predicted molar refractivity (Wildman–Crippen MR) is 45.7 cm³/mol. The molecule has 0 aliphatic carbocycles. The number of alkyl halides is 2. The molecule has 0 aliphatic heterocycles. The van der Waals surface area contributed by atoms with Crippen LogP contribution in [0.3, 0.4) is 0 Å². The standard InChI is InChI=1S/C9H12F2N2/c1-9(2,3)7-5-4-6(8(10)11)12-13-7/h4-5,8H,1-3H3. The zero-order valence-corrected chi connectivity index (χ0v) is 7.88. The van der Waals surface area contributed by atoms with E-state index in [9.17, 15) is 8.78 Å². The van der Waals surface area contributed by atoms with Crippen LogP contribution in [0.5, 0.6) is 0 Å². The lowest BCUT2D eigenvalue weighted by Gasteiger charge is -2.16. The number of nitrogens with zero attached hydrogens (tertiary/aromatic N) is 2. The Hall–Kier alpha value is -1.06. The van der Waals surface area contributed by atoms with Gasteiger partial charge >= 0.3 is 0 Å². The average Bonchev–Trinajstić information content (AvgIpc) is 2.03. The van der Waals surface area contributed by atoms with Crippen LogP contribution in [0.15, 0.2) is 12.1 Å². The molecule has 1 rings (SSSR count). The summed E-state index contributed by atoms with van der Waals surface area (Å²) in [7, 11) is 0. The summed E-state index contributed by atoms with van der Waals surface area (Å²) in [6, 6.07) is 2.91.